The summed E-state index contributed by atoms with van der Waals surface area (Å²) in [6.45, 7) is 3.99. The van der Waals surface area contributed by atoms with Crippen LogP contribution in [0.5, 0.6) is 0 Å². The number of hydrogen-bond donors (Lipinski definition) is 1. The van der Waals surface area contributed by atoms with Crippen LogP contribution in [0.15, 0.2) is 84.2 Å². The first-order valence-electron chi connectivity index (χ1n) is 10.2. The summed E-state index contributed by atoms with van der Waals surface area (Å²) in [5, 5.41) is 14.9. The Morgan fingerprint density at radius 3 is 2.33 bits per heavy atom. The van der Waals surface area contributed by atoms with Crippen LogP contribution in [0.4, 0.5) is 5.69 Å². The van der Waals surface area contributed by atoms with E-state index < -0.39 is 4.92 Å². The molecule has 4 aromatic rings. The highest BCUT2D eigenvalue weighted by Crippen LogP contribution is 2.25. The van der Waals surface area contributed by atoms with Gasteiger partial charge in [-0.2, -0.15) is 5.10 Å². The predicted octanol–water partition coefficient (Wildman–Crippen LogP) is 4.83. The molecule has 0 saturated heterocycles. The molecule has 33 heavy (non-hydrogen) atoms. The molecule has 0 aliphatic heterocycles. The molecule has 4 rings (SSSR count). The molecular weight excluding hydrogens is 418 g/mol. The van der Waals surface area contributed by atoms with Gasteiger partial charge in [0, 0.05) is 47.2 Å². The number of aromatic nitrogens is 2. The van der Waals surface area contributed by atoms with E-state index in [2.05, 4.69) is 20.1 Å². The minimum atomic E-state index is -0.407. The first-order valence-corrected chi connectivity index (χ1v) is 10.2. The summed E-state index contributed by atoms with van der Waals surface area (Å²) in [4.78, 5) is 26.5. The van der Waals surface area contributed by atoms with Gasteiger partial charge in [0.25, 0.3) is 11.6 Å². The number of hydrogen-bond acceptors (Lipinski definition) is 5. The monoisotopic (exact) mass is 439 g/mol. The van der Waals surface area contributed by atoms with Crippen molar-refractivity contribution in [1.82, 2.24) is 15.0 Å². The number of benzene rings is 2. The second kappa shape index (κ2) is 9.27. The molecule has 8 heteroatoms. The van der Waals surface area contributed by atoms with Gasteiger partial charge in [0.05, 0.1) is 16.7 Å². The SMILES string of the molecule is Cc1cc(/C=N\NC(=O)c2cccnc2)c(C)n1-c1ccc(-c2ccc([N+](=O)[O-])cc2)cc1. The standard InChI is InChI=1S/C25H21N5O3/c1-17-14-22(16-27-28-25(31)21-4-3-13-26-15-21)18(2)29(17)23-9-5-19(6-10-23)20-7-11-24(12-8-20)30(32)33/h3-16H,1-2H3,(H,28,31)/b27-16-. The van der Waals surface area contributed by atoms with Gasteiger partial charge in [-0.05, 0) is 67.4 Å². The van der Waals surface area contributed by atoms with Crippen molar-refractivity contribution >= 4 is 17.8 Å². The maximum absolute atomic E-state index is 12.1. The van der Waals surface area contributed by atoms with E-state index in [0.717, 1.165) is 33.8 Å². The Balaban J connectivity index is 1.51. The maximum atomic E-state index is 12.1. The van der Waals surface area contributed by atoms with Gasteiger partial charge in [-0.3, -0.25) is 19.9 Å². The van der Waals surface area contributed by atoms with Gasteiger partial charge in [-0.15, -0.1) is 0 Å². The van der Waals surface area contributed by atoms with E-state index in [-0.39, 0.29) is 11.6 Å². The molecule has 2 heterocycles. The van der Waals surface area contributed by atoms with Crippen molar-refractivity contribution in [2.75, 3.05) is 0 Å². The van der Waals surface area contributed by atoms with E-state index >= 15 is 0 Å². The third-order valence-corrected chi connectivity index (χ3v) is 5.30. The molecule has 2 aromatic carbocycles. The molecule has 0 fully saturated rings. The van der Waals surface area contributed by atoms with Crippen LogP contribution >= 0.6 is 0 Å². The fourth-order valence-corrected chi connectivity index (χ4v) is 3.62. The third-order valence-electron chi connectivity index (χ3n) is 5.30. The third kappa shape index (κ3) is 4.69. The Morgan fingerprint density at radius 1 is 1.06 bits per heavy atom. The highest BCUT2D eigenvalue weighted by Gasteiger charge is 2.11. The van der Waals surface area contributed by atoms with E-state index in [4.69, 9.17) is 0 Å². The molecule has 0 bridgehead atoms. The van der Waals surface area contributed by atoms with Crippen molar-refractivity contribution in [2.24, 2.45) is 5.10 Å². The number of carbonyl (C=O) groups is 1. The summed E-state index contributed by atoms with van der Waals surface area (Å²) in [5.74, 6) is -0.324. The van der Waals surface area contributed by atoms with Crippen LogP contribution in [0.1, 0.15) is 27.3 Å². The van der Waals surface area contributed by atoms with Crippen molar-refractivity contribution in [3.05, 3.63) is 112 Å². The van der Waals surface area contributed by atoms with E-state index in [1.807, 2.05) is 44.2 Å². The van der Waals surface area contributed by atoms with Gasteiger partial charge in [0.1, 0.15) is 0 Å². The Kier molecular flexibility index (Phi) is 6.08. The Labute approximate surface area is 190 Å². The summed E-state index contributed by atoms with van der Waals surface area (Å²) in [7, 11) is 0. The number of amides is 1. The number of nitrogens with zero attached hydrogens (tertiary/aromatic N) is 4. The van der Waals surface area contributed by atoms with Crippen molar-refractivity contribution in [3.8, 4) is 16.8 Å². The molecule has 1 amide bonds. The zero-order chi connectivity index (χ0) is 23.4. The zero-order valence-corrected chi connectivity index (χ0v) is 18.1. The number of nitro benzene ring substituents is 1. The van der Waals surface area contributed by atoms with Crippen molar-refractivity contribution in [3.63, 3.8) is 0 Å². The lowest BCUT2D eigenvalue weighted by molar-refractivity contribution is -0.384. The lowest BCUT2D eigenvalue weighted by Gasteiger charge is -2.11. The lowest BCUT2D eigenvalue weighted by atomic mass is 10.0. The van der Waals surface area contributed by atoms with E-state index in [0.29, 0.717) is 5.56 Å². The molecule has 2 aromatic heterocycles. The maximum Gasteiger partial charge on any atom is 0.272 e. The predicted molar refractivity (Wildman–Crippen MR) is 127 cm³/mol. The van der Waals surface area contributed by atoms with Crippen LogP contribution in [0.3, 0.4) is 0 Å². The normalized spacial score (nSPS) is 11.0. The van der Waals surface area contributed by atoms with E-state index in [1.54, 1.807) is 36.7 Å². The summed E-state index contributed by atoms with van der Waals surface area (Å²) in [5.41, 5.74) is 8.78. The fraction of sp³-hybridized carbons (Fsp3) is 0.0800. The molecule has 0 atom stereocenters. The van der Waals surface area contributed by atoms with Crippen molar-refractivity contribution in [1.29, 1.82) is 0 Å². The molecule has 0 aliphatic rings. The lowest BCUT2D eigenvalue weighted by Crippen LogP contribution is -2.17. The molecule has 164 valence electrons. The average molecular weight is 439 g/mol. The largest absolute Gasteiger partial charge is 0.318 e. The number of pyridine rings is 1. The Bertz CT molecular complexity index is 1330. The second-order valence-electron chi connectivity index (χ2n) is 7.45. The fourth-order valence-electron chi connectivity index (χ4n) is 3.62. The Hall–Kier alpha value is -4.59. The van der Waals surface area contributed by atoms with Gasteiger partial charge in [0.2, 0.25) is 0 Å². The van der Waals surface area contributed by atoms with E-state index in [1.165, 1.54) is 18.3 Å². The van der Waals surface area contributed by atoms with Gasteiger partial charge in [0.15, 0.2) is 0 Å². The summed E-state index contributed by atoms with van der Waals surface area (Å²) < 4.78 is 2.10. The van der Waals surface area contributed by atoms with Crippen LogP contribution in [-0.2, 0) is 0 Å². The number of hydrazone groups is 1. The molecular formula is C25H21N5O3. The molecule has 0 spiro atoms. The highest BCUT2D eigenvalue weighted by atomic mass is 16.6. The number of nitro groups is 1. The van der Waals surface area contributed by atoms with Crippen molar-refractivity contribution in [2.45, 2.75) is 13.8 Å². The first-order chi connectivity index (χ1) is 15.9. The van der Waals surface area contributed by atoms with Crippen LogP contribution in [0, 0.1) is 24.0 Å². The minimum absolute atomic E-state index is 0.0692. The van der Waals surface area contributed by atoms with Gasteiger partial charge in [-0.25, -0.2) is 5.43 Å². The van der Waals surface area contributed by atoms with E-state index in [9.17, 15) is 14.9 Å². The van der Waals surface area contributed by atoms with Crippen molar-refractivity contribution < 1.29 is 9.72 Å². The molecule has 8 nitrogen and oxygen atoms in total. The Morgan fingerprint density at radius 2 is 1.73 bits per heavy atom. The van der Waals surface area contributed by atoms with Crippen LogP contribution in [0.25, 0.3) is 16.8 Å². The second-order valence-corrected chi connectivity index (χ2v) is 7.45. The summed E-state index contributed by atoms with van der Waals surface area (Å²) in [6, 6.07) is 19.8. The molecule has 0 radical (unpaired) electrons. The van der Waals surface area contributed by atoms with Gasteiger partial charge < -0.3 is 4.57 Å². The number of nitrogens with one attached hydrogen (secondary N) is 1. The topological polar surface area (TPSA) is 102 Å². The van der Waals surface area contributed by atoms with Gasteiger partial charge >= 0.3 is 0 Å². The smallest absolute Gasteiger partial charge is 0.272 e. The highest BCUT2D eigenvalue weighted by molar-refractivity contribution is 5.94. The van der Waals surface area contributed by atoms with Crippen LogP contribution in [0.2, 0.25) is 0 Å². The molecule has 1 N–H and O–H groups in total. The first kappa shape index (κ1) is 21.6. The zero-order valence-electron chi connectivity index (χ0n) is 18.1. The number of rotatable bonds is 6. The summed E-state index contributed by atoms with van der Waals surface area (Å²) in [6.07, 6.45) is 4.71. The molecule has 0 aliphatic carbocycles. The molecule has 0 saturated carbocycles. The van der Waals surface area contributed by atoms with Gasteiger partial charge in [-0.1, -0.05) is 12.1 Å². The number of aryl methyl sites for hydroxylation is 1. The summed E-state index contributed by atoms with van der Waals surface area (Å²) >= 11 is 0. The number of carbonyl (C=O) groups excluding carboxylic acids is 1. The molecule has 0 unspecified atom stereocenters. The number of non-ortho nitro benzene ring substituents is 1. The average Bonchev–Trinajstić information content (AvgIpc) is 3.12. The minimum Gasteiger partial charge on any atom is -0.318 e. The quantitative estimate of drug-likeness (QED) is 0.264. The van der Waals surface area contributed by atoms with Crippen LogP contribution < -0.4 is 5.43 Å². The van der Waals surface area contributed by atoms with Crippen LogP contribution in [-0.4, -0.2) is 26.6 Å².